The van der Waals surface area contributed by atoms with E-state index in [1.807, 2.05) is 17.0 Å². The first-order valence-electron chi connectivity index (χ1n) is 9.25. The Kier molecular flexibility index (Phi) is 6.37. The summed E-state index contributed by atoms with van der Waals surface area (Å²) in [6.07, 6.45) is 7.35. The molecule has 2 aromatic rings. The lowest BCUT2D eigenvalue weighted by Gasteiger charge is -2.30. The Morgan fingerprint density at radius 2 is 1.86 bits per heavy atom. The summed E-state index contributed by atoms with van der Waals surface area (Å²) in [5, 5.41) is 0.104. The highest BCUT2D eigenvalue weighted by molar-refractivity contribution is 7.89. The summed E-state index contributed by atoms with van der Waals surface area (Å²) in [5.41, 5.74) is 1.37. The molecule has 2 heterocycles. The largest absolute Gasteiger partial charge is 0.332 e. The van der Waals surface area contributed by atoms with Gasteiger partial charge in [-0.1, -0.05) is 24.4 Å². The Morgan fingerprint density at radius 1 is 1.14 bits per heavy atom. The number of carbonyl (C=O) groups excluding carboxylic acids is 1. The first-order chi connectivity index (χ1) is 13.3. The molecule has 1 fully saturated rings. The van der Waals surface area contributed by atoms with Crippen LogP contribution >= 0.6 is 11.6 Å². The predicted molar refractivity (Wildman–Crippen MR) is 109 cm³/mol. The molecule has 1 aliphatic rings. The molecule has 1 saturated heterocycles. The van der Waals surface area contributed by atoms with E-state index in [-0.39, 0.29) is 21.9 Å². The lowest BCUT2D eigenvalue weighted by Crippen LogP contribution is -2.35. The maximum atomic E-state index is 13.4. The van der Waals surface area contributed by atoms with Gasteiger partial charge in [0.05, 0.1) is 11.1 Å². The Labute approximate surface area is 171 Å². The number of pyridine rings is 1. The van der Waals surface area contributed by atoms with Gasteiger partial charge in [0.2, 0.25) is 10.0 Å². The zero-order valence-corrected chi connectivity index (χ0v) is 17.6. The zero-order chi connectivity index (χ0) is 20.3. The molecule has 28 heavy (non-hydrogen) atoms. The number of sulfonamides is 1. The van der Waals surface area contributed by atoms with Gasteiger partial charge in [-0.05, 0) is 48.7 Å². The lowest BCUT2D eigenvalue weighted by atomic mass is 10.0. The van der Waals surface area contributed by atoms with Crippen molar-refractivity contribution in [2.24, 2.45) is 0 Å². The number of halogens is 1. The minimum atomic E-state index is -3.74. The number of amides is 1. The molecule has 0 bridgehead atoms. The van der Waals surface area contributed by atoms with E-state index in [1.165, 1.54) is 26.2 Å². The highest BCUT2D eigenvalue weighted by atomic mass is 35.5. The third-order valence-electron chi connectivity index (χ3n) is 5.04. The number of carbonyl (C=O) groups is 1. The maximum absolute atomic E-state index is 13.4. The predicted octanol–water partition coefficient (Wildman–Crippen LogP) is 3.74. The molecule has 6 nitrogen and oxygen atoms in total. The van der Waals surface area contributed by atoms with Crippen molar-refractivity contribution in [3.63, 3.8) is 0 Å². The summed E-state index contributed by atoms with van der Waals surface area (Å²) >= 11 is 6.13. The van der Waals surface area contributed by atoms with Gasteiger partial charge < -0.3 is 4.90 Å². The van der Waals surface area contributed by atoms with Crippen molar-refractivity contribution in [2.75, 3.05) is 20.6 Å². The van der Waals surface area contributed by atoms with Crippen molar-refractivity contribution in [2.45, 2.75) is 36.6 Å². The fourth-order valence-corrected chi connectivity index (χ4v) is 4.87. The third-order valence-corrected chi connectivity index (χ3v) is 7.34. The Hall–Kier alpha value is -1.96. The number of likely N-dealkylation sites (tertiary alicyclic amines) is 1. The Bertz CT molecular complexity index is 948. The number of rotatable bonds is 4. The number of benzene rings is 1. The summed E-state index contributed by atoms with van der Waals surface area (Å²) in [6.45, 7) is 0.629. The molecule has 0 N–H and O–H groups in total. The van der Waals surface area contributed by atoms with Crippen LogP contribution in [0.5, 0.6) is 0 Å². The highest BCUT2D eigenvalue weighted by Crippen LogP contribution is 2.32. The molecule has 8 heteroatoms. The first-order valence-corrected chi connectivity index (χ1v) is 11.1. The van der Waals surface area contributed by atoms with Gasteiger partial charge in [-0.3, -0.25) is 9.78 Å². The molecule has 0 radical (unpaired) electrons. The fourth-order valence-electron chi connectivity index (χ4n) is 3.48. The SMILES string of the molecule is CN(C)S(=O)(=O)c1cc(C(=O)N2CCCCC[C@@H]2c2ccncc2)ccc1Cl. The number of hydrogen-bond acceptors (Lipinski definition) is 4. The van der Waals surface area contributed by atoms with Crippen LogP contribution in [-0.4, -0.2) is 49.2 Å². The van der Waals surface area contributed by atoms with Gasteiger partial charge in [0.1, 0.15) is 4.90 Å². The van der Waals surface area contributed by atoms with Gasteiger partial charge in [-0.25, -0.2) is 12.7 Å². The molecular weight excluding hydrogens is 398 g/mol. The summed E-state index contributed by atoms with van der Waals surface area (Å²) in [6, 6.07) is 8.26. The van der Waals surface area contributed by atoms with Gasteiger partial charge in [0.25, 0.3) is 5.91 Å². The maximum Gasteiger partial charge on any atom is 0.254 e. The monoisotopic (exact) mass is 421 g/mol. The fraction of sp³-hybridized carbons (Fsp3) is 0.400. The second-order valence-corrected chi connectivity index (χ2v) is 9.60. The normalized spacial score (nSPS) is 18.1. The van der Waals surface area contributed by atoms with E-state index in [1.54, 1.807) is 18.5 Å². The van der Waals surface area contributed by atoms with Gasteiger partial charge in [-0.2, -0.15) is 0 Å². The van der Waals surface area contributed by atoms with Gasteiger partial charge in [0, 0.05) is 38.6 Å². The zero-order valence-electron chi connectivity index (χ0n) is 16.0. The van der Waals surface area contributed by atoms with Crippen molar-refractivity contribution in [3.05, 3.63) is 58.9 Å². The van der Waals surface area contributed by atoms with E-state index < -0.39 is 10.0 Å². The molecule has 0 unspecified atom stereocenters. The van der Waals surface area contributed by atoms with Crippen LogP contribution in [0, 0.1) is 0 Å². The summed E-state index contributed by atoms with van der Waals surface area (Å²) in [7, 11) is -0.867. The third kappa shape index (κ3) is 4.21. The van der Waals surface area contributed by atoms with Gasteiger partial charge >= 0.3 is 0 Å². The molecular formula is C20H24ClN3O3S. The molecule has 150 valence electrons. The quantitative estimate of drug-likeness (QED) is 0.753. The summed E-state index contributed by atoms with van der Waals surface area (Å²) in [4.78, 5) is 19.2. The minimum absolute atomic E-state index is 0.0532. The average Bonchev–Trinajstić information content (AvgIpc) is 2.94. The van der Waals surface area contributed by atoms with Crippen LogP contribution in [0.25, 0.3) is 0 Å². The molecule has 0 aliphatic carbocycles. The molecule has 0 spiro atoms. The van der Waals surface area contributed by atoms with E-state index in [0.717, 1.165) is 35.6 Å². The molecule has 1 aromatic carbocycles. The Morgan fingerprint density at radius 3 is 2.54 bits per heavy atom. The molecule has 3 rings (SSSR count). The van der Waals surface area contributed by atoms with E-state index >= 15 is 0 Å². The van der Waals surface area contributed by atoms with Crippen molar-refractivity contribution < 1.29 is 13.2 Å². The lowest BCUT2D eigenvalue weighted by molar-refractivity contribution is 0.0680. The van der Waals surface area contributed by atoms with E-state index in [9.17, 15) is 13.2 Å². The second-order valence-electron chi connectivity index (χ2n) is 7.08. The first kappa shape index (κ1) is 20.8. The van der Waals surface area contributed by atoms with Crippen molar-refractivity contribution >= 4 is 27.5 Å². The minimum Gasteiger partial charge on any atom is -0.332 e. The van der Waals surface area contributed by atoms with Crippen LogP contribution in [0.15, 0.2) is 47.6 Å². The second kappa shape index (κ2) is 8.59. The van der Waals surface area contributed by atoms with Crippen LogP contribution in [0.4, 0.5) is 0 Å². The topological polar surface area (TPSA) is 70.6 Å². The van der Waals surface area contributed by atoms with Gasteiger partial charge in [-0.15, -0.1) is 0 Å². The van der Waals surface area contributed by atoms with Crippen LogP contribution < -0.4 is 0 Å². The molecule has 1 aliphatic heterocycles. The van der Waals surface area contributed by atoms with Crippen LogP contribution in [0.3, 0.4) is 0 Å². The van der Waals surface area contributed by atoms with E-state index in [4.69, 9.17) is 11.6 Å². The summed E-state index contributed by atoms with van der Waals surface area (Å²) < 4.78 is 26.2. The van der Waals surface area contributed by atoms with E-state index in [0.29, 0.717) is 12.1 Å². The van der Waals surface area contributed by atoms with Crippen LogP contribution in [0.2, 0.25) is 5.02 Å². The average molecular weight is 422 g/mol. The molecule has 0 saturated carbocycles. The standard InChI is InChI=1S/C20H24ClN3O3S/c1-23(2)28(26,27)19-14-16(7-8-17(19)21)20(25)24-13-5-3-4-6-18(24)15-9-11-22-12-10-15/h7-12,14,18H,3-6,13H2,1-2H3/t18-/m1/s1. The number of hydrogen-bond donors (Lipinski definition) is 0. The molecule has 1 atom stereocenters. The van der Waals surface area contributed by atoms with Crippen molar-refractivity contribution in [3.8, 4) is 0 Å². The highest BCUT2D eigenvalue weighted by Gasteiger charge is 2.29. The number of nitrogens with zero attached hydrogens (tertiary/aromatic N) is 3. The van der Waals surface area contributed by atoms with Crippen LogP contribution in [0.1, 0.15) is 47.6 Å². The summed E-state index contributed by atoms with van der Waals surface area (Å²) in [5.74, 6) is -0.185. The Balaban J connectivity index is 2.00. The number of aromatic nitrogens is 1. The van der Waals surface area contributed by atoms with Gasteiger partial charge in [0.15, 0.2) is 0 Å². The van der Waals surface area contributed by atoms with E-state index in [2.05, 4.69) is 4.98 Å². The molecule has 1 aromatic heterocycles. The molecule has 1 amide bonds. The smallest absolute Gasteiger partial charge is 0.254 e. The van der Waals surface area contributed by atoms with Crippen molar-refractivity contribution in [1.82, 2.24) is 14.2 Å². The van der Waals surface area contributed by atoms with Crippen molar-refractivity contribution in [1.29, 1.82) is 0 Å². The van der Waals surface area contributed by atoms with Crippen LogP contribution in [-0.2, 0) is 10.0 Å².